The van der Waals surface area contributed by atoms with Gasteiger partial charge < -0.3 is 20.1 Å². The Bertz CT molecular complexity index is 1320. The molecule has 0 fully saturated rings. The first-order valence-corrected chi connectivity index (χ1v) is 28.9. The summed E-state index contributed by atoms with van der Waals surface area (Å²) in [5.74, 6) is -0.830. The summed E-state index contributed by atoms with van der Waals surface area (Å²) in [6.45, 7) is 3.62. The van der Waals surface area contributed by atoms with Crippen LogP contribution in [0.25, 0.3) is 0 Å². The number of ether oxygens (including phenoxy) is 2. The molecule has 0 aliphatic heterocycles. The molecule has 0 saturated heterocycles. The first-order valence-electron chi connectivity index (χ1n) is 27.4. The maximum Gasteiger partial charge on any atom is 0.472 e. The summed E-state index contributed by atoms with van der Waals surface area (Å²) in [4.78, 5) is 35.1. The van der Waals surface area contributed by atoms with Gasteiger partial charge in [0.05, 0.1) is 13.2 Å². The number of unbranched alkanes of at least 4 members (excludes halogenated alkanes) is 26. The van der Waals surface area contributed by atoms with Crippen molar-refractivity contribution in [3.8, 4) is 0 Å². The first kappa shape index (κ1) is 64.5. The van der Waals surface area contributed by atoms with Gasteiger partial charge in [-0.15, -0.1) is 0 Å². The molecule has 67 heavy (non-hydrogen) atoms. The summed E-state index contributed by atoms with van der Waals surface area (Å²) in [7, 11) is -4.39. The number of carbonyl (C=O) groups is 2. The molecule has 0 bridgehead atoms. The number of hydrogen-bond acceptors (Lipinski definition) is 8. The Morgan fingerprint density at radius 1 is 0.463 bits per heavy atom. The number of hydrogen-bond donors (Lipinski definition) is 2. The van der Waals surface area contributed by atoms with Crippen LogP contribution in [0.15, 0.2) is 72.9 Å². The molecule has 0 aromatic carbocycles. The largest absolute Gasteiger partial charge is 0.472 e. The van der Waals surface area contributed by atoms with Crippen LogP contribution >= 0.6 is 7.82 Å². The van der Waals surface area contributed by atoms with Crippen LogP contribution in [0.2, 0.25) is 0 Å². The molecule has 0 spiro atoms. The number of allylic oxidation sites excluding steroid dienone is 12. The van der Waals surface area contributed by atoms with Gasteiger partial charge in [-0.3, -0.25) is 18.6 Å². The fourth-order valence-electron chi connectivity index (χ4n) is 7.54. The van der Waals surface area contributed by atoms with E-state index in [1.165, 1.54) is 135 Å². The predicted octanol–water partition coefficient (Wildman–Crippen LogP) is 17.0. The zero-order valence-corrected chi connectivity index (χ0v) is 44.0. The Labute approximate surface area is 411 Å². The maximum atomic E-state index is 12.7. The maximum absolute atomic E-state index is 12.7. The van der Waals surface area contributed by atoms with Gasteiger partial charge in [0.25, 0.3) is 0 Å². The van der Waals surface area contributed by atoms with Crippen LogP contribution in [-0.4, -0.2) is 49.3 Å². The van der Waals surface area contributed by atoms with E-state index in [0.717, 1.165) is 77.0 Å². The summed E-state index contributed by atoms with van der Waals surface area (Å²) in [6.07, 6.45) is 66.6. The lowest BCUT2D eigenvalue weighted by Crippen LogP contribution is -2.29. The van der Waals surface area contributed by atoms with Crippen molar-refractivity contribution in [2.24, 2.45) is 5.73 Å². The van der Waals surface area contributed by atoms with Crippen LogP contribution in [0, 0.1) is 0 Å². The third-order valence-electron chi connectivity index (χ3n) is 11.6. The van der Waals surface area contributed by atoms with Crippen molar-refractivity contribution in [1.82, 2.24) is 0 Å². The van der Waals surface area contributed by atoms with E-state index in [1.807, 2.05) is 0 Å². The van der Waals surface area contributed by atoms with Gasteiger partial charge in [0, 0.05) is 19.4 Å². The van der Waals surface area contributed by atoms with Gasteiger partial charge >= 0.3 is 19.8 Å². The van der Waals surface area contributed by atoms with Crippen molar-refractivity contribution in [2.45, 2.75) is 251 Å². The molecular weight excluding hydrogens is 858 g/mol. The minimum absolute atomic E-state index is 0.0508. The molecule has 2 atom stereocenters. The molecule has 388 valence electrons. The van der Waals surface area contributed by atoms with E-state index in [2.05, 4.69) is 86.8 Å². The smallest absolute Gasteiger partial charge is 0.462 e. The average Bonchev–Trinajstić information content (AvgIpc) is 3.32. The Hall–Kier alpha value is -2.55. The van der Waals surface area contributed by atoms with Crippen LogP contribution in [0.1, 0.15) is 245 Å². The second-order valence-electron chi connectivity index (χ2n) is 18.1. The average molecular weight is 960 g/mol. The van der Waals surface area contributed by atoms with E-state index in [9.17, 15) is 19.0 Å². The number of phosphoric acid groups is 1. The highest BCUT2D eigenvalue weighted by molar-refractivity contribution is 7.47. The summed E-state index contributed by atoms with van der Waals surface area (Å²) in [5, 5.41) is 0. The van der Waals surface area contributed by atoms with Crippen molar-refractivity contribution < 1.29 is 37.6 Å². The van der Waals surface area contributed by atoms with Gasteiger partial charge in [-0.1, -0.05) is 222 Å². The van der Waals surface area contributed by atoms with E-state index >= 15 is 0 Å². The molecule has 0 aromatic heterocycles. The van der Waals surface area contributed by atoms with Gasteiger partial charge in [0.1, 0.15) is 6.61 Å². The highest BCUT2D eigenvalue weighted by atomic mass is 31.2. The fourth-order valence-corrected chi connectivity index (χ4v) is 8.31. The lowest BCUT2D eigenvalue weighted by molar-refractivity contribution is -0.161. The second kappa shape index (κ2) is 52.8. The van der Waals surface area contributed by atoms with Gasteiger partial charge in [-0.25, -0.2) is 4.57 Å². The quantitative estimate of drug-likeness (QED) is 0.0264. The van der Waals surface area contributed by atoms with Crippen LogP contribution in [0.3, 0.4) is 0 Å². The van der Waals surface area contributed by atoms with Gasteiger partial charge in [0.2, 0.25) is 0 Å². The Morgan fingerprint density at radius 3 is 1.22 bits per heavy atom. The molecule has 2 unspecified atom stereocenters. The second-order valence-corrected chi connectivity index (χ2v) is 19.5. The minimum Gasteiger partial charge on any atom is -0.462 e. The minimum atomic E-state index is -4.39. The van der Waals surface area contributed by atoms with Crippen molar-refractivity contribution in [3.63, 3.8) is 0 Å². The molecule has 0 aliphatic rings. The van der Waals surface area contributed by atoms with Gasteiger partial charge in [-0.2, -0.15) is 0 Å². The van der Waals surface area contributed by atoms with Gasteiger partial charge in [-0.05, 0) is 83.5 Å². The van der Waals surface area contributed by atoms with Crippen LogP contribution < -0.4 is 5.73 Å². The Kier molecular flexibility index (Phi) is 50.8. The van der Waals surface area contributed by atoms with E-state index in [0.29, 0.717) is 6.42 Å². The highest BCUT2D eigenvalue weighted by Gasteiger charge is 2.26. The molecule has 9 nitrogen and oxygen atoms in total. The van der Waals surface area contributed by atoms with E-state index in [4.69, 9.17) is 24.3 Å². The summed E-state index contributed by atoms with van der Waals surface area (Å²) in [6, 6.07) is 0. The predicted molar refractivity (Wildman–Crippen MR) is 284 cm³/mol. The molecule has 0 rings (SSSR count). The molecule has 0 aliphatic carbocycles. The Balaban J connectivity index is 3.99. The highest BCUT2D eigenvalue weighted by Crippen LogP contribution is 2.43. The number of phosphoric ester groups is 1. The van der Waals surface area contributed by atoms with Crippen molar-refractivity contribution in [1.29, 1.82) is 0 Å². The molecule has 0 aromatic rings. The molecule has 0 radical (unpaired) electrons. The van der Waals surface area contributed by atoms with Crippen LogP contribution in [-0.2, 0) is 32.7 Å². The molecule has 0 amide bonds. The van der Waals surface area contributed by atoms with E-state index in [1.54, 1.807) is 0 Å². The summed E-state index contributed by atoms with van der Waals surface area (Å²) < 4.78 is 33.0. The normalized spacial score (nSPS) is 13.7. The zero-order chi connectivity index (χ0) is 48.8. The summed E-state index contributed by atoms with van der Waals surface area (Å²) in [5.41, 5.74) is 5.38. The topological polar surface area (TPSA) is 134 Å². The van der Waals surface area contributed by atoms with Crippen LogP contribution in [0.4, 0.5) is 0 Å². The molecule has 3 N–H and O–H groups in total. The third-order valence-corrected chi connectivity index (χ3v) is 12.6. The van der Waals surface area contributed by atoms with Crippen molar-refractivity contribution in [2.75, 3.05) is 26.4 Å². The SMILES string of the molecule is CC/C=C\C/C=C\C/C=C\C/C=C\CCCCCCCCCCCCCCCCC(=O)OC(COC(=O)CCCCCCCCCCC/C=C\C/C=C\CCCCC)COP(=O)(O)OCCN. The number of esters is 2. The van der Waals surface area contributed by atoms with E-state index in [-0.39, 0.29) is 38.6 Å². The summed E-state index contributed by atoms with van der Waals surface area (Å²) >= 11 is 0. The first-order chi connectivity index (χ1) is 32.8. The lowest BCUT2D eigenvalue weighted by atomic mass is 10.0. The number of carbonyl (C=O) groups excluding carboxylic acids is 2. The van der Waals surface area contributed by atoms with Gasteiger partial charge in [0.15, 0.2) is 6.10 Å². The molecule has 0 heterocycles. The molecule has 0 saturated carbocycles. The fraction of sp³-hybridized carbons (Fsp3) is 0.754. The third kappa shape index (κ3) is 52.7. The zero-order valence-electron chi connectivity index (χ0n) is 43.1. The molecule has 10 heteroatoms. The lowest BCUT2D eigenvalue weighted by Gasteiger charge is -2.19. The Morgan fingerprint density at radius 2 is 0.821 bits per heavy atom. The molecular formula is C57H102NO8P. The number of rotatable bonds is 51. The standard InChI is InChI=1S/C57H102NO8P/c1-3-5-7-9-11-13-15-17-19-21-23-24-25-26-27-28-29-30-32-34-36-38-40-42-44-46-48-50-57(60)66-55(54-65-67(61,62)64-52-51-58)53-63-56(59)49-47-45-43-41-39-37-35-33-31-22-20-18-16-14-12-10-8-6-4-2/h5,7,11-14,17-20,23-24,55H,3-4,6,8-10,15-16,21-22,25-54,58H2,1-2H3,(H,61,62)/b7-5-,13-11-,14-12-,19-17-,20-18-,24-23-. The van der Waals surface area contributed by atoms with Crippen molar-refractivity contribution >= 4 is 19.8 Å². The van der Waals surface area contributed by atoms with E-state index < -0.39 is 26.5 Å². The van der Waals surface area contributed by atoms with Crippen molar-refractivity contribution in [3.05, 3.63) is 72.9 Å². The van der Waals surface area contributed by atoms with Crippen LogP contribution in [0.5, 0.6) is 0 Å². The monoisotopic (exact) mass is 960 g/mol. The number of nitrogens with two attached hydrogens (primary N) is 1.